The summed E-state index contributed by atoms with van der Waals surface area (Å²) < 4.78 is 4.81. The maximum absolute atomic E-state index is 13.0. The Labute approximate surface area is 176 Å². The lowest BCUT2D eigenvalue weighted by atomic mass is 10.0. The van der Waals surface area contributed by atoms with Gasteiger partial charge in [-0.1, -0.05) is 44.2 Å². The lowest BCUT2D eigenvalue weighted by Crippen LogP contribution is -2.53. The van der Waals surface area contributed by atoms with E-state index in [9.17, 15) is 19.5 Å². The molecular weight excluding hydrogens is 386 g/mol. The SMILES string of the molecule is COC(=O)[C@H](CC(C)C)NC(=O)[C@H](Cc1ccccc1)NC(=O)c1ccc(CO)[nH]1. The Hall–Kier alpha value is -3.13. The van der Waals surface area contributed by atoms with Gasteiger partial charge in [0.2, 0.25) is 5.91 Å². The van der Waals surface area contributed by atoms with Crippen LogP contribution in [0.1, 0.15) is 42.0 Å². The number of carbonyl (C=O) groups is 3. The highest BCUT2D eigenvalue weighted by molar-refractivity contribution is 5.97. The minimum absolute atomic E-state index is 0.160. The standard InChI is InChI=1S/C22H29N3O5/c1-14(2)11-19(22(29)30-3)25-21(28)18(12-15-7-5-4-6-8-15)24-20(27)17-10-9-16(13-26)23-17/h4-10,14,18-19,23,26H,11-13H2,1-3H3,(H,24,27)(H,25,28)/t18-,19-/m0/s1. The maximum atomic E-state index is 13.0. The Balaban J connectivity index is 2.19. The summed E-state index contributed by atoms with van der Waals surface area (Å²) in [6.07, 6.45) is 0.669. The van der Waals surface area contributed by atoms with Crippen LogP contribution in [-0.2, 0) is 27.4 Å². The van der Waals surface area contributed by atoms with E-state index in [0.717, 1.165) is 5.56 Å². The molecule has 0 saturated heterocycles. The number of esters is 1. The van der Waals surface area contributed by atoms with Gasteiger partial charge in [-0.05, 0) is 30.0 Å². The number of benzene rings is 1. The van der Waals surface area contributed by atoms with Gasteiger partial charge in [0, 0.05) is 12.1 Å². The first kappa shape index (κ1) is 23.2. The second-order valence-electron chi connectivity index (χ2n) is 7.49. The number of rotatable bonds is 10. The molecule has 0 saturated carbocycles. The van der Waals surface area contributed by atoms with Crippen LogP contribution in [0, 0.1) is 5.92 Å². The zero-order valence-corrected chi connectivity index (χ0v) is 17.5. The molecule has 4 N–H and O–H groups in total. The molecule has 2 atom stereocenters. The van der Waals surface area contributed by atoms with Crippen LogP contribution in [0.25, 0.3) is 0 Å². The van der Waals surface area contributed by atoms with E-state index in [4.69, 9.17) is 4.74 Å². The highest BCUT2D eigenvalue weighted by atomic mass is 16.5. The van der Waals surface area contributed by atoms with E-state index >= 15 is 0 Å². The van der Waals surface area contributed by atoms with Crippen LogP contribution in [0.4, 0.5) is 0 Å². The third-order valence-electron chi connectivity index (χ3n) is 4.58. The van der Waals surface area contributed by atoms with Crippen molar-refractivity contribution in [3.8, 4) is 0 Å². The van der Waals surface area contributed by atoms with E-state index in [-0.39, 0.29) is 24.6 Å². The fourth-order valence-corrected chi connectivity index (χ4v) is 3.06. The lowest BCUT2D eigenvalue weighted by molar-refractivity contribution is -0.145. The summed E-state index contributed by atoms with van der Waals surface area (Å²) in [6.45, 7) is 3.65. The van der Waals surface area contributed by atoms with E-state index in [0.29, 0.717) is 12.1 Å². The molecule has 1 heterocycles. The van der Waals surface area contributed by atoms with Gasteiger partial charge >= 0.3 is 5.97 Å². The highest BCUT2D eigenvalue weighted by Crippen LogP contribution is 2.10. The Morgan fingerprint density at radius 2 is 1.73 bits per heavy atom. The molecule has 162 valence electrons. The molecule has 2 amide bonds. The topological polar surface area (TPSA) is 121 Å². The number of aromatic nitrogens is 1. The zero-order valence-electron chi connectivity index (χ0n) is 17.5. The number of amides is 2. The second-order valence-corrected chi connectivity index (χ2v) is 7.49. The van der Waals surface area contributed by atoms with Crippen molar-refractivity contribution in [2.45, 2.75) is 45.4 Å². The molecule has 0 radical (unpaired) electrons. The first-order chi connectivity index (χ1) is 14.3. The van der Waals surface area contributed by atoms with Crippen LogP contribution >= 0.6 is 0 Å². The normalized spacial score (nSPS) is 12.8. The number of nitrogens with one attached hydrogen (secondary N) is 3. The summed E-state index contributed by atoms with van der Waals surface area (Å²) in [5.74, 6) is -1.33. The molecule has 2 rings (SSSR count). The van der Waals surface area contributed by atoms with Gasteiger partial charge in [-0.3, -0.25) is 9.59 Å². The molecule has 2 aromatic rings. The van der Waals surface area contributed by atoms with Crippen molar-refractivity contribution in [3.05, 3.63) is 59.4 Å². The quantitative estimate of drug-likeness (QED) is 0.439. The van der Waals surface area contributed by atoms with Gasteiger partial charge < -0.3 is 25.5 Å². The van der Waals surface area contributed by atoms with E-state index in [2.05, 4.69) is 15.6 Å². The Kier molecular flexibility index (Phi) is 8.61. The molecule has 0 aliphatic carbocycles. The fraction of sp³-hybridized carbons (Fsp3) is 0.409. The van der Waals surface area contributed by atoms with Crippen molar-refractivity contribution >= 4 is 17.8 Å². The smallest absolute Gasteiger partial charge is 0.328 e. The molecule has 0 bridgehead atoms. The first-order valence-electron chi connectivity index (χ1n) is 9.85. The summed E-state index contributed by atoms with van der Waals surface area (Å²) >= 11 is 0. The highest BCUT2D eigenvalue weighted by Gasteiger charge is 2.28. The lowest BCUT2D eigenvalue weighted by Gasteiger charge is -2.23. The number of aliphatic hydroxyl groups excluding tert-OH is 1. The molecule has 1 aromatic carbocycles. The number of ether oxygens (including phenoxy) is 1. The second kappa shape index (κ2) is 11.2. The van der Waals surface area contributed by atoms with Crippen LogP contribution in [-0.4, -0.2) is 47.1 Å². The number of carbonyl (C=O) groups excluding carboxylic acids is 3. The maximum Gasteiger partial charge on any atom is 0.328 e. The van der Waals surface area contributed by atoms with Crippen LogP contribution in [0.15, 0.2) is 42.5 Å². The van der Waals surface area contributed by atoms with Crippen molar-refractivity contribution in [2.24, 2.45) is 5.92 Å². The Morgan fingerprint density at radius 1 is 1.03 bits per heavy atom. The predicted octanol–water partition coefficient (Wildman–Crippen LogP) is 1.55. The van der Waals surface area contributed by atoms with Gasteiger partial charge in [0.25, 0.3) is 5.91 Å². The van der Waals surface area contributed by atoms with Crippen LogP contribution in [0.5, 0.6) is 0 Å². The molecular formula is C22H29N3O5. The average molecular weight is 415 g/mol. The Bertz CT molecular complexity index is 847. The molecule has 8 heteroatoms. The third-order valence-corrected chi connectivity index (χ3v) is 4.58. The summed E-state index contributed by atoms with van der Waals surface area (Å²) in [7, 11) is 1.27. The minimum Gasteiger partial charge on any atom is -0.467 e. The van der Waals surface area contributed by atoms with Gasteiger partial charge in [0.1, 0.15) is 17.8 Å². The number of hydrogen-bond donors (Lipinski definition) is 4. The largest absolute Gasteiger partial charge is 0.467 e. The summed E-state index contributed by atoms with van der Waals surface area (Å²) in [6, 6.07) is 10.7. The van der Waals surface area contributed by atoms with Gasteiger partial charge in [0.05, 0.1) is 13.7 Å². The molecule has 1 aromatic heterocycles. The van der Waals surface area contributed by atoms with E-state index in [1.165, 1.54) is 13.2 Å². The number of aromatic amines is 1. The zero-order chi connectivity index (χ0) is 22.1. The van der Waals surface area contributed by atoms with Gasteiger partial charge in [-0.15, -0.1) is 0 Å². The molecule has 30 heavy (non-hydrogen) atoms. The monoisotopic (exact) mass is 415 g/mol. The number of hydrogen-bond acceptors (Lipinski definition) is 5. The van der Waals surface area contributed by atoms with Crippen molar-refractivity contribution in [1.29, 1.82) is 0 Å². The minimum atomic E-state index is -0.903. The van der Waals surface area contributed by atoms with Gasteiger partial charge in [0.15, 0.2) is 0 Å². The summed E-state index contributed by atoms with van der Waals surface area (Å²) in [5, 5.41) is 14.6. The van der Waals surface area contributed by atoms with E-state index in [1.807, 2.05) is 44.2 Å². The van der Waals surface area contributed by atoms with Crippen molar-refractivity contribution in [2.75, 3.05) is 7.11 Å². The first-order valence-corrected chi connectivity index (χ1v) is 9.85. The number of methoxy groups -OCH3 is 1. The van der Waals surface area contributed by atoms with Crippen LogP contribution in [0.2, 0.25) is 0 Å². The summed E-state index contributed by atoms with van der Waals surface area (Å²) in [5.41, 5.74) is 1.59. The number of aliphatic hydroxyl groups is 1. The Morgan fingerprint density at radius 3 is 2.30 bits per heavy atom. The molecule has 0 unspecified atom stereocenters. The van der Waals surface area contributed by atoms with E-state index < -0.39 is 29.9 Å². The molecule has 0 spiro atoms. The van der Waals surface area contributed by atoms with Crippen molar-refractivity contribution in [3.63, 3.8) is 0 Å². The van der Waals surface area contributed by atoms with Crippen molar-refractivity contribution < 1.29 is 24.2 Å². The molecule has 0 aliphatic rings. The van der Waals surface area contributed by atoms with E-state index in [1.54, 1.807) is 6.07 Å². The van der Waals surface area contributed by atoms with Crippen LogP contribution < -0.4 is 10.6 Å². The molecule has 8 nitrogen and oxygen atoms in total. The number of H-pyrrole nitrogens is 1. The molecule has 0 fully saturated rings. The third kappa shape index (κ3) is 6.73. The van der Waals surface area contributed by atoms with Crippen LogP contribution in [0.3, 0.4) is 0 Å². The van der Waals surface area contributed by atoms with Crippen molar-refractivity contribution in [1.82, 2.24) is 15.6 Å². The van der Waals surface area contributed by atoms with Gasteiger partial charge in [-0.2, -0.15) is 0 Å². The molecule has 0 aliphatic heterocycles. The van der Waals surface area contributed by atoms with Gasteiger partial charge in [-0.25, -0.2) is 4.79 Å². The summed E-state index contributed by atoms with van der Waals surface area (Å²) in [4.78, 5) is 40.5. The predicted molar refractivity (Wildman–Crippen MR) is 112 cm³/mol. The average Bonchev–Trinajstić information content (AvgIpc) is 3.22. The fourth-order valence-electron chi connectivity index (χ4n) is 3.06.